The Morgan fingerprint density at radius 3 is 2.56 bits per heavy atom. The van der Waals surface area contributed by atoms with Crippen molar-refractivity contribution < 1.29 is 14.3 Å². The van der Waals surface area contributed by atoms with Gasteiger partial charge in [-0.1, -0.05) is 26.0 Å². The normalized spacial score (nSPS) is 19.2. The molecule has 0 spiro atoms. The first kappa shape index (κ1) is 12.6. The third-order valence-electron chi connectivity index (χ3n) is 3.26. The number of hydrogen-bond acceptors (Lipinski definition) is 3. The number of rotatable bonds is 3. The summed E-state index contributed by atoms with van der Waals surface area (Å²) in [6, 6.07) is 5.81. The Kier molecular flexibility index (Phi) is 3.36. The SMILES string of the molecule is COc1ccc(C(C)C)cc1C1CC(=O)NC1=O. The van der Waals surface area contributed by atoms with Crippen molar-refractivity contribution in [1.82, 2.24) is 5.32 Å². The zero-order valence-electron chi connectivity index (χ0n) is 10.8. The van der Waals surface area contributed by atoms with E-state index in [4.69, 9.17) is 4.74 Å². The van der Waals surface area contributed by atoms with Gasteiger partial charge in [0, 0.05) is 12.0 Å². The van der Waals surface area contributed by atoms with Gasteiger partial charge in [-0.15, -0.1) is 0 Å². The highest BCUT2D eigenvalue weighted by atomic mass is 16.5. The van der Waals surface area contributed by atoms with Gasteiger partial charge < -0.3 is 4.74 Å². The molecular formula is C14H17NO3. The zero-order chi connectivity index (χ0) is 13.3. The fourth-order valence-electron chi connectivity index (χ4n) is 2.19. The van der Waals surface area contributed by atoms with E-state index in [0.29, 0.717) is 11.7 Å². The molecule has 1 unspecified atom stereocenters. The number of imide groups is 1. The molecular weight excluding hydrogens is 230 g/mol. The average molecular weight is 247 g/mol. The van der Waals surface area contributed by atoms with E-state index in [1.54, 1.807) is 7.11 Å². The Hall–Kier alpha value is -1.84. The monoisotopic (exact) mass is 247 g/mol. The standard InChI is InChI=1S/C14H17NO3/c1-8(2)9-4-5-12(18-3)10(6-9)11-7-13(16)15-14(11)17/h4-6,8,11H,7H2,1-3H3,(H,15,16,17). The molecule has 0 bridgehead atoms. The van der Waals surface area contributed by atoms with Gasteiger partial charge in [0.15, 0.2) is 0 Å². The first-order chi connectivity index (χ1) is 8.52. The summed E-state index contributed by atoms with van der Waals surface area (Å²) in [7, 11) is 1.57. The smallest absolute Gasteiger partial charge is 0.234 e. The van der Waals surface area contributed by atoms with Gasteiger partial charge in [-0.2, -0.15) is 0 Å². The highest BCUT2D eigenvalue weighted by Gasteiger charge is 2.33. The summed E-state index contributed by atoms with van der Waals surface area (Å²) >= 11 is 0. The Morgan fingerprint density at radius 2 is 2.06 bits per heavy atom. The Balaban J connectivity index is 2.44. The number of carbonyl (C=O) groups is 2. The van der Waals surface area contributed by atoms with Crippen molar-refractivity contribution in [2.75, 3.05) is 7.11 Å². The Labute approximate surface area is 106 Å². The molecule has 1 aliphatic heterocycles. The predicted octanol–water partition coefficient (Wildman–Crippen LogP) is 1.95. The minimum atomic E-state index is -0.425. The lowest BCUT2D eigenvalue weighted by molar-refractivity contribution is -0.125. The fourth-order valence-corrected chi connectivity index (χ4v) is 2.19. The highest BCUT2D eigenvalue weighted by Crippen LogP contribution is 2.34. The summed E-state index contributed by atoms with van der Waals surface area (Å²) in [4.78, 5) is 23.0. The summed E-state index contributed by atoms with van der Waals surface area (Å²) in [6.45, 7) is 4.18. The van der Waals surface area contributed by atoms with Crippen LogP contribution in [0.3, 0.4) is 0 Å². The molecule has 1 aliphatic rings. The molecule has 0 aromatic heterocycles. The number of hydrogen-bond donors (Lipinski definition) is 1. The summed E-state index contributed by atoms with van der Waals surface area (Å²) in [6.07, 6.45) is 0.205. The maximum Gasteiger partial charge on any atom is 0.234 e. The van der Waals surface area contributed by atoms with Crippen molar-refractivity contribution in [2.45, 2.75) is 32.1 Å². The largest absolute Gasteiger partial charge is 0.496 e. The molecule has 1 atom stereocenters. The first-order valence-corrected chi connectivity index (χ1v) is 6.04. The van der Waals surface area contributed by atoms with E-state index in [-0.39, 0.29) is 18.2 Å². The summed E-state index contributed by atoms with van der Waals surface area (Å²) in [5.41, 5.74) is 1.94. The molecule has 1 N–H and O–H groups in total. The van der Waals surface area contributed by atoms with E-state index in [2.05, 4.69) is 19.2 Å². The van der Waals surface area contributed by atoms with Crippen molar-refractivity contribution in [1.29, 1.82) is 0 Å². The number of carbonyl (C=O) groups excluding carboxylic acids is 2. The molecule has 4 nitrogen and oxygen atoms in total. The second-order valence-corrected chi connectivity index (χ2v) is 4.83. The molecule has 2 rings (SSSR count). The molecule has 1 heterocycles. The van der Waals surface area contributed by atoms with Gasteiger partial charge in [-0.25, -0.2) is 0 Å². The number of methoxy groups -OCH3 is 1. The van der Waals surface area contributed by atoms with Crippen LogP contribution in [0.25, 0.3) is 0 Å². The number of ether oxygens (including phenoxy) is 1. The fraction of sp³-hybridized carbons (Fsp3) is 0.429. The molecule has 0 saturated carbocycles. The summed E-state index contributed by atoms with van der Waals surface area (Å²) < 4.78 is 5.28. The van der Waals surface area contributed by atoms with Gasteiger partial charge in [-0.3, -0.25) is 14.9 Å². The van der Waals surface area contributed by atoms with Crippen molar-refractivity contribution in [3.05, 3.63) is 29.3 Å². The van der Waals surface area contributed by atoms with Crippen LogP contribution in [-0.4, -0.2) is 18.9 Å². The molecule has 1 aromatic rings. The van der Waals surface area contributed by atoms with E-state index < -0.39 is 5.92 Å². The number of benzene rings is 1. The van der Waals surface area contributed by atoms with Crippen LogP contribution in [0.1, 0.15) is 43.2 Å². The molecule has 2 amide bonds. The second-order valence-electron chi connectivity index (χ2n) is 4.83. The molecule has 1 saturated heterocycles. The van der Waals surface area contributed by atoms with E-state index in [9.17, 15) is 9.59 Å². The number of amides is 2. The van der Waals surface area contributed by atoms with E-state index in [1.807, 2.05) is 18.2 Å². The van der Waals surface area contributed by atoms with Gasteiger partial charge >= 0.3 is 0 Å². The molecule has 4 heteroatoms. The predicted molar refractivity (Wildman–Crippen MR) is 67.6 cm³/mol. The maximum atomic E-state index is 11.7. The third kappa shape index (κ3) is 2.23. The maximum absolute atomic E-state index is 11.7. The molecule has 96 valence electrons. The van der Waals surface area contributed by atoms with Gasteiger partial charge in [0.1, 0.15) is 5.75 Å². The average Bonchev–Trinajstić information content (AvgIpc) is 2.67. The molecule has 0 radical (unpaired) electrons. The molecule has 18 heavy (non-hydrogen) atoms. The van der Waals surface area contributed by atoms with E-state index >= 15 is 0 Å². The lowest BCUT2D eigenvalue weighted by Crippen LogP contribution is -2.21. The molecule has 1 fully saturated rings. The van der Waals surface area contributed by atoms with Gasteiger partial charge in [0.05, 0.1) is 13.0 Å². The van der Waals surface area contributed by atoms with Crippen LogP contribution in [0.4, 0.5) is 0 Å². The summed E-state index contributed by atoms with van der Waals surface area (Å²) in [5, 5.41) is 2.33. The number of nitrogens with one attached hydrogen (secondary N) is 1. The Morgan fingerprint density at radius 1 is 1.33 bits per heavy atom. The Bertz CT molecular complexity index is 494. The van der Waals surface area contributed by atoms with Crippen molar-refractivity contribution in [2.24, 2.45) is 0 Å². The van der Waals surface area contributed by atoms with E-state index in [0.717, 1.165) is 11.1 Å². The van der Waals surface area contributed by atoms with Crippen molar-refractivity contribution in [3.8, 4) is 5.75 Å². The zero-order valence-corrected chi connectivity index (χ0v) is 10.8. The van der Waals surface area contributed by atoms with Gasteiger partial charge in [0.2, 0.25) is 11.8 Å². The van der Waals surface area contributed by atoms with Crippen LogP contribution < -0.4 is 10.1 Å². The topological polar surface area (TPSA) is 55.4 Å². The lowest BCUT2D eigenvalue weighted by Gasteiger charge is -2.15. The van der Waals surface area contributed by atoms with Crippen LogP contribution in [0.5, 0.6) is 5.75 Å². The minimum Gasteiger partial charge on any atom is -0.496 e. The van der Waals surface area contributed by atoms with Crippen LogP contribution in [-0.2, 0) is 9.59 Å². The van der Waals surface area contributed by atoms with Gasteiger partial charge in [0.25, 0.3) is 0 Å². The minimum absolute atomic E-state index is 0.205. The second kappa shape index (κ2) is 4.80. The molecule has 0 aliphatic carbocycles. The van der Waals surface area contributed by atoms with E-state index in [1.165, 1.54) is 0 Å². The van der Waals surface area contributed by atoms with Crippen LogP contribution in [0.2, 0.25) is 0 Å². The van der Waals surface area contributed by atoms with Crippen molar-refractivity contribution in [3.63, 3.8) is 0 Å². The quantitative estimate of drug-likeness (QED) is 0.830. The highest BCUT2D eigenvalue weighted by molar-refractivity contribution is 6.06. The third-order valence-corrected chi connectivity index (χ3v) is 3.26. The van der Waals surface area contributed by atoms with Crippen LogP contribution >= 0.6 is 0 Å². The first-order valence-electron chi connectivity index (χ1n) is 6.04. The van der Waals surface area contributed by atoms with Crippen LogP contribution in [0, 0.1) is 0 Å². The van der Waals surface area contributed by atoms with Gasteiger partial charge in [-0.05, 0) is 17.5 Å². The van der Waals surface area contributed by atoms with Crippen LogP contribution in [0.15, 0.2) is 18.2 Å². The molecule has 1 aromatic carbocycles. The summed E-state index contributed by atoms with van der Waals surface area (Å²) in [5.74, 6) is 0.149. The van der Waals surface area contributed by atoms with Crippen molar-refractivity contribution >= 4 is 11.8 Å². The lowest BCUT2D eigenvalue weighted by atomic mass is 9.92.